The van der Waals surface area contributed by atoms with Crippen molar-refractivity contribution in [3.8, 4) is 39.1 Å². The van der Waals surface area contributed by atoms with Gasteiger partial charge in [-0.05, 0) is 74.6 Å². The van der Waals surface area contributed by atoms with E-state index in [0.717, 1.165) is 33.8 Å². The van der Waals surface area contributed by atoms with Gasteiger partial charge in [0.2, 0.25) is 0 Å². The van der Waals surface area contributed by atoms with Crippen molar-refractivity contribution in [2.75, 3.05) is 4.90 Å². The summed E-state index contributed by atoms with van der Waals surface area (Å²) in [5.41, 5.74) is 13.9. The first kappa shape index (κ1) is 33.6. The summed E-state index contributed by atoms with van der Waals surface area (Å²) >= 11 is 0. The third kappa shape index (κ3) is 5.50. The van der Waals surface area contributed by atoms with Gasteiger partial charge < -0.3 is 9.47 Å². The van der Waals surface area contributed by atoms with Gasteiger partial charge >= 0.3 is 0 Å². The van der Waals surface area contributed by atoms with Gasteiger partial charge in [-0.25, -0.2) is 0 Å². The van der Waals surface area contributed by atoms with Crippen molar-refractivity contribution in [1.29, 1.82) is 0 Å². The van der Waals surface area contributed by atoms with Crippen molar-refractivity contribution in [3.05, 3.63) is 231 Å². The van der Waals surface area contributed by atoms with Gasteiger partial charge in [0.25, 0.3) is 0 Å². The fourth-order valence-corrected chi connectivity index (χ4v) is 9.08. The third-order valence-corrected chi connectivity index (χ3v) is 11.6. The van der Waals surface area contributed by atoms with E-state index < -0.39 is 0 Å². The molecular weight excluding hydrogens is 701 g/mol. The molecule has 0 spiro atoms. The number of aromatic nitrogens is 1. The summed E-state index contributed by atoms with van der Waals surface area (Å²) in [5, 5.41) is 7.30. The number of fused-ring (bicyclic) bond motifs is 5. The average Bonchev–Trinajstić information content (AvgIpc) is 3.64. The Bertz CT molecular complexity index is 3170. The normalized spacial score (nSPS) is 11.4. The number of hydrogen-bond donors (Lipinski definition) is 0. The maximum atomic E-state index is 2.52. The first-order valence-corrected chi connectivity index (χ1v) is 19.9. The van der Waals surface area contributed by atoms with Crippen molar-refractivity contribution in [2.45, 2.75) is 0 Å². The maximum absolute atomic E-state index is 2.52. The topological polar surface area (TPSA) is 8.17 Å². The highest BCUT2D eigenvalue weighted by Crippen LogP contribution is 2.50. The van der Waals surface area contributed by atoms with Gasteiger partial charge in [0.1, 0.15) is 0 Å². The summed E-state index contributed by atoms with van der Waals surface area (Å²) in [6.07, 6.45) is 0. The Hall–Kier alpha value is -7.68. The Labute approximate surface area is 338 Å². The van der Waals surface area contributed by atoms with E-state index in [9.17, 15) is 0 Å². The lowest BCUT2D eigenvalue weighted by atomic mass is 9.93. The predicted octanol–water partition coefficient (Wildman–Crippen LogP) is 15.6. The molecule has 0 bridgehead atoms. The Kier molecular flexibility index (Phi) is 8.19. The quantitative estimate of drug-likeness (QED) is 0.158. The molecule has 1 heterocycles. The van der Waals surface area contributed by atoms with E-state index >= 15 is 0 Å². The zero-order valence-electron chi connectivity index (χ0n) is 31.8. The molecule has 0 saturated heterocycles. The molecule has 0 saturated carbocycles. The molecule has 1 aromatic heterocycles. The SMILES string of the molecule is c1ccc(-c2ccccc2-n2c3ccccc3c3c(N(c4ccccc4-c4cccc5ccccc45)c4ccccc4-c4cccc5ccccc45)cccc32)cc1. The molecule has 2 heteroatoms. The zero-order chi connectivity index (χ0) is 38.4. The standard InChI is InChI=1S/C56H38N2/c1-2-19-41(20-3-1)44-27-8-12-33-50(44)57-53-36-15-11-30-49(53)56-54(57)37-18-38-55(56)58(51-34-13-9-28-47(51)45-31-16-23-39-21-4-6-25-42(39)45)52-35-14-10-29-48(52)46-32-17-24-40-22-5-7-26-43(40)46/h1-38H. The van der Waals surface area contributed by atoms with E-state index in [1.54, 1.807) is 0 Å². The fraction of sp³-hybridized carbons (Fsp3) is 0. The Morgan fingerprint density at radius 1 is 0.276 bits per heavy atom. The molecule has 10 aromatic carbocycles. The van der Waals surface area contributed by atoms with E-state index in [4.69, 9.17) is 0 Å². The first-order chi connectivity index (χ1) is 28.8. The van der Waals surface area contributed by atoms with Crippen LogP contribution in [0.25, 0.3) is 82.4 Å². The smallest absolute Gasteiger partial charge is 0.0562 e. The van der Waals surface area contributed by atoms with Crippen LogP contribution in [0.1, 0.15) is 0 Å². The molecule has 0 unspecified atom stereocenters. The van der Waals surface area contributed by atoms with E-state index in [0.29, 0.717) is 0 Å². The predicted molar refractivity (Wildman–Crippen MR) is 247 cm³/mol. The highest BCUT2D eigenvalue weighted by Gasteiger charge is 2.26. The van der Waals surface area contributed by atoms with Gasteiger partial charge in [-0.1, -0.05) is 194 Å². The zero-order valence-corrected chi connectivity index (χ0v) is 31.8. The molecule has 0 aliphatic heterocycles. The molecule has 0 aliphatic rings. The summed E-state index contributed by atoms with van der Waals surface area (Å²) in [6, 6.07) is 83.8. The molecule has 0 radical (unpaired) electrons. The van der Waals surface area contributed by atoms with Crippen LogP contribution in [0, 0.1) is 0 Å². The fourth-order valence-electron chi connectivity index (χ4n) is 9.08. The summed E-state index contributed by atoms with van der Waals surface area (Å²) in [4.78, 5) is 2.52. The van der Waals surface area contributed by atoms with Crippen LogP contribution in [0.2, 0.25) is 0 Å². The molecule has 0 atom stereocenters. The highest BCUT2D eigenvalue weighted by atomic mass is 15.2. The van der Waals surface area contributed by atoms with Gasteiger partial charge in [-0.3, -0.25) is 0 Å². The van der Waals surface area contributed by atoms with Gasteiger partial charge in [0.05, 0.1) is 33.8 Å². The number of benzene rings is 10. The molecule has 11 rings (SSSR count). The molecule has 11 aromatic rings. The number of rotatable bonds is 7. The number of para-hydroxylation sites is 4. The molecule has 0 amide bonds. The largest absolute Gasteiger partial charge is 0.309 e. The van der Waals surface area contributed by atoms with Gasteiger partial charge in [-0.15, -0.1) is 0 Å². The summed E-state index contributed by atoms with van der Waals surface area (Å²) in [5.74, 6) is 0. The van der Waals surface area contributed by atoms with Crippen LogP contribution in [-0.4, -0.2) is 4.57 Å². The van der Waals surface area contributed by atoms with Crippen molar-refractivity contribution < 1.29 is 0 Å². The monoisotopic (exact) mass is 738 g/mol. The van der Waals surface area contributed by atoms with Crippen LogP contribution in [0.3, 0.4) is 0 Å². The van der Waals surface area contributed by atoms with Gasteiger partial charge in [-0.2, -0.15) is 0 Å². The van der Waals surface area contributed by atoms with Crippen molar-refractivity contribution in [2.24, 2.45) is 0 Å². The minimum atomic E-state index is 1.11. The third-order valence-electron chi connectivity index (χ3n) is 11.6. The van der Waals surface area contributed by atoms with Crippen molar-refractivity contribution in [3.63, 3.8) is 0 Å². The molecular formula is C56H38N2. The van der Waals surface area contributed by atoms with Crippen LogP contribution in [0.4, 0.5) is 17.1 Å². The summed E-state index contributed by atoms with van der Waals surface area (Å²) < 4.78 is 2.46. The molecule has 2 nitrogen and oxygen atoms in total. The van der Waals surface area contributed by atoms with Crippen LogP contribution in [0.15, 0.2) is 231 Å². The van der Waals surface area contributed by atoms with E-state index in [1.165, 1.54) is 65.7 Å². The molecule has 0 fully saturated rings. The number of hydrogen-bond acceptors (Lipinski definition) is 1. The van der Waals surface area contributed by atoms with Crippen LogP contribution in [-0.2, 0) is 0 Å². The van der Waals surface area contributed by atoms with Crippen molar-refractivity contribution in [1.82, 2.24) is 4.57 Å². The minimum Gasteiger partial charge on any atom is -0.309 e. The first-order valence-electron chi connectivity index (χ1n) is 19.9. The Morgan fingerprint density at radius 3 is 1.36 bits per heavy atom. The average molecular weight is 739 g/mol. The lowest BCUT2D eigenvalue weighted by Crippen LogP contribution is -2.13. The summed E-state index contributed by atoms with van der Waals surface area (Å²) in [7, 11) is 0. The highest BCUT2D eigenvalue weighted by molar-refractivity contribution is 6.18. The van der Waals surface area contributed by atoms with Crippen molar-refractivity contribution >= 4 is 60.4 Å². The number of nitrogens with zero attached hydrogens (tertiary/aromatic N) is 2. The lowest BCUT2D eigenvalue weighted by molar-refractivity contribution is 1.18. The van der Waals surface area contributed by atoms with Gasteiger partial charge in [0, 0.05) is 27.5 Å². The molecule has 0 aliphatic carbocycles. The number of anilines is 3. The Balaban J connectivity index is 1.25. The van der Waals surface area contributed by atoms with E-state index in [2.05, 4.69) is 240 Å². The molecule has 0 N–H and O–H groups in total. The minimum absolute atomic E-state index is 1.11. The second kappa shape index (κ2) is 14.1. The summed E-state index contributed by atoms with van der Waals surface area (Å²) in [6.45, 7) is 0. The second-order valence-corrected chi connectivity index (χ2v) is 14.8. The van der Waals surface area contributed by atoms with Crippen LogP contribution < -0.4 is 4.90 Å². The van der Waals surface area contributed by atoms with E-state index in [-0.39, 0.29) is 0 Å². The van der Waals surface area contributed by atoms with Gasteiger partial charge in [0.15, 0.2) is 0 Å². The molecule has 58 heavy (non-hydrogen) atoms. The Morgan fingerprint density at radius 2 is 0.707 bits per heavy atom. The molecule has 272 valence electrons. The lowest BCUT2D eigenvalue weighted by Gasteiger charge is -2.31. The maximum Gasteiger partial charge on any atom is 0.0562 e. The van der Waals surface area contributed by atoms with E-state index in [1.807, 2.05) is 0 Å². The second-order valence-electron chi connectivity index (χ2n) is 14.8. The van der Waals surface area contributed by atoms with Crippen LogP contribution in [0.5, 0.6) is 0 Å². The van der Waals surface area contributed by atoms with Crippen LogP contribution >= 0.6 is 0 Å².